The third-order valence-corrected chi connectivity index (χ3v) is 5.60. The molecule has 0 bridgehead atoms. The zero-order valence-corrected chi connectivity index (χ0v) is 15.6. The van der Waals surface area contributed by atoms with Gasteiger partial charge in [-0.05, 0) is 61.2 Å². The molecular formula is C17H16BrN3S2. The molecule has 0 saturated heterocycles. The Balaban J connectivity index is 1.99. The van der Waals surface area contributed by atoms with Gasteiger partial charge < -0.3 is 15.3 Å². The van der Waals surface area contributed by atoms with Crippen LogP contribution in [0.15, 0.2) is 40.0 Å². The molecule has 1 aromatic heterocycles. The van der Waals surface area contributed by atoms with E-state index in [0.717, 1.165) is 33.3 Å². The Hall–Kier alpha value is -1.24. The quantitative estimate of drug-likeness (QED) is 0.513. The summed E-state index contributed by atoms with van der Waals surface area (Å²) in [6.07, 6.45) is 4.67. The van der Waals surface area contributed by atoms with Crippen molar-refractivity contribution in [3.8, 4) is 0 Å². The van der Waals surface area contributed by atoms with Crippen LogP contribution in [0.25, 0.3) is 0 Å². The summed E-state index contributed by atoms with van der Waals surface area (Å²) < 4.78 is 2.37. The third-order valence-electron chi connectivity index (χ3n) is 4.59. The first-order chi connectivity index (χ1) is 11.1. The molecule has 1 aromatic carbocycles. The molecule has 6 heteroatoms. The van der Waals surface area contributed by atoms with Crippen LogP contribution in [0.2, 0.25) is 0 Å². The van der Waals surface area contributed by atoms with Crippen LogP contribution in [0.4, 0.5) is 5.82 Å². The molecule has 0 amide bonds. The van der Waals surface area contributed by atoms with Crippen LogP contribution in [0.1, 0.15) is 42.7 Å². The second-order valence-electron chi connectivity index (χ2n) is 6.02. The monoisotopic (exact) mass is 405 g/mol. The van der Waals surface area contributed by atoms with Crippen LogP contribution in [0.5, 0.6) is 0 Å². The summed E-state index contributed by atoms with van der Waals surface area (Å²) in [5.74, 6) is 1.14. The van der Waals surface area contributed by atoms with Gasteiger partial charge in [0.15, 0.2) is 4.77 Å². The van der Waals surface area contributed by atoms with E-state index < -0.39 is 0 Å². The Morgan fingerprint density at radius 1 is 1.09 bits per heavy atom. The van der Waals surface area contributed by atoms with Gasteiger partial charge in [0.2, 0.25) is 0 Å². The lowest BCUT2D eigenvalue weighted by Crippen LogP contribution is -2.23. The number of benzene rings is 1. The number of hydrogen-bond donors (Lipinski definition) is 3. The summed E-state index contributed by atoms with van der Waals surface area (Å²) in [5.41, 5.74) is 5.17. The van der Waals surface area contributed by atoms with Crippen LogP contribution >= 0.6 is 40.4 Å². The number of aromatic amines is 2. The number of hydrogen-bond acceptors (Lipinski definition) is 3. The molecule has 1 aliphatic heterocycles. The average molecular weight is 406 g/mol. The lowest BCUT2D eigenvalue weighted by molar-refractivity contribution is 0.632. The van der Waals surface area contributed by atoms with E-state index in [-0.39, 0.29) is 5.92 Å². The van der Waals surface area contributed by atoms with Crippen LogP contribution in [0, 0.1) is 9.41 Å². The number of aromatic nitrogens is 2. The Labute approximate surface area is 153 Å². The van der Waals surface area contributed by atoms with Gasteiger partial charge in [0.05, 0.1) is 0 Å². The highest BCUT2D eigenvalue weighted by atomic mass is 79.9. The van der Waals surface area contributed by atoms with Gasteiger partial charge >= 0.3 is 0 Å². The molecule has 2 aromatic rings. The third kappa shape index (κ3) is 2.73. The zero-order valence-electron chi connectivity index (χ0n) is 12.4. The van der Waals surface area contributed by atoms with Crippen molar-refractivity contribution < 1.29 is 0 Å². The number of anilines is 1. The summed E-state index contributed by atoms with van der Waals surface area (Å²) in [7, 11) is 0. The summed E-state index contributed by atoms with van der Waals surface area (Å²) in [4.78, 5) is 6.36. The zero-order chi connectivity index (χ0) is 16.0. The molecule has 3 N–H and O–H groups in total. The maximum atomic E-state index is 5.61. The van der Waals surface area contributed by atoms with Crippen molar-refractivity contribution in [3.63, 3.8) is 0 Å². The fourth-order valence-corrected chi connectivity index (χ4v) is 4.65. The molecule has 0 saturated carbocycles. The summed E-state index contributed by atoms with van der Waals surface area (Å²) >= 11 is 14.5. The van der Waals surface area contributed by atoms with Crippen molar-refractivity contribution in [3.05, 3.63) is 60.5 Å². The van der Waals surface area contributed by atoms with Gasteiger partial charge in [-0.2, -0.15) is 0 Å². The van der Waals surface area contributed by atoms with Crippen molar-refractivity contribution >= 4 is 46.2 Å². The van der Waals surface area contributed by atoms with Gasteiger partial charge in [-0.15, -0.1) is 0 Å². The highest BCUT2D eigenvalue weighted by molar-refractivity contribution is 9.10. The smallest absolute Gasteiger partial charge is 0.177 e. The van der Waals surface area contributed by atoms with Gasteiger partial charge in [-0.3, -0.25) is 0 Å². The summed E-state index contributed by atoms with van der Waals surface area (Å²) in [5, 5.41) is 3.55. The Morgan fingerprint density at radius 2 is 1.91 bits per heavy atom. The molecule has 4 rings (SSSR count). The molecular weight excluding hydrogens is 390 g/mol. The van der Waals surface area contributed by atoms with E-state index in [4.69, 9.17) is 24.4 Å². The SMILES string of the molecule is S=c1[nH]c2c(c(=S)[nH]1)C(c1cccc(Br)c1)C1=C(CCCC1)N2. The minimum Gasteiger partial charge on any atom is -0.345 e. The summed E-state index contributed by atoms with van der Waals surface area (Å²) in [6.45, 7) is 0. The molecule has 1 unspecified atom stereocenters. The van der Waals surface area contributed by atoms with Crippen LogP contribution in [-0.4, -0.2) is 9.97 Å². The number of halogens is 1. The maximum Gasteiger partial charge on any atom is 0.177 e. The number of rotatable bonds is 1. The molecule has 1 atom stereocenters. The molecule has 1 aliphatic carbocycles. The van der Waals surface area contributed by atoms with Gasteiger partial charge in [0, 0.05) is 21.7 Å². The predicted octanol–water partition coefficient (Wildman–Crippen LogP) is 5.95. The van der Waals surface area contributed by atoms with Crippen molar-refractivity contribution in [2.75, 3.05) is 5.32 Å². The Morgan fingerprint density at radius 3 is 2.74 bits per heavy atom. The summed E-state index contributed by atoms with van der Waals surface area (Å²) in [6, 6.07) is 8.51. The van der Waals surface area contributed by atoms with Gasteiger partial charge in [0.25, 0.3) is 0 Å². The number of fused-ring (bicyclic) bond motifs is 1. The number of allylic oxidation sites excluding steroid dienone is 2. The first kappa shape index (κ1) is 15.3. The molecule has 2 heterocycles. The predicted molar refractivity (Wildman–Crippen MR) is 102 cm³/mol. The topological polar surface area (TPSA) is 43.6 Å². The minimum absolute atomic E-state index is 0.189. The van der Waals surface area contributed by atoms with Crippen molar-refractivity contribution in [2.24, 2.45) is 0 Å². The standard InChI is InChI=1S/C17H16BrN3S2/c18-10-5-3-4-9(8-10)13-11-6-1-2-7-12(11)19-15-14(13)16(22)21-17(23)20-15/h3-5,8,13H,1-2,6-7H2,(H3,19,20,21,22,23). The van der Waals surface area contributed by atoms with E-state index in [1.165, 1.54) is 29.7 Å². The average Bonchev–Trinajstić information content (AvgIpc) is 2.52. The molecule has 118 valence electrons. The van der Waals surface area contributed by atoms with E-state index in [1.54, 1.807) is 0 Å². The molecule has 3 nitrogen and oxygen atoms in total. The van der Waals surface area contributed by atoms with Crippen LogP contribution < -0.4 is 5.32 Å². The van der Waals surface area contributed by atoms with Crippen molar-refractivity contribution in [1.82, 2.24) is 9.97 Å². The normalized spacial score (nSPS) is 19.8. The fourth-order valence-electron chi connectivity index (χ4n) is 3.64. The van der Waals surface area contributed by atoms with Crippen LogP contribution in [-0.2, 0) is 0 Å². The molecule has 23 heavy (non-hydrogen) atoms. The highest BCUT2D eigenvalue weighted by Gasteiger charge is 2.32. The second kappa shape index (κ2) is 6.00. The number of H-pyrrole nitrogens is 2. The molecule has 2 aliphatic rings. The fraction of sp³-hybridized carbons (Fsp3) is 0.294. The number of nitrogens with one attached hydrogen (secondary N) is 3. The van der Waals surface area contributed by atoms with Gasteiger partial charge in [-0.25, -0.2) is 0 Å². The van der Waals surface area contributed by atoms with Crippen molar-refractivity contribution in [2.45, 2.75) is 31.6 Å². The van der Waals surface area contributed by atoms with E-state index in [9.17, 15) is 0 Å². The lowest BCUT2D eigenvalue weighted by atomic mass is 9.77. The van der Waals surface area contributed by atoms with Crippen LogP contribution in [0.3, 0.4) is 0 Å². The Kier molecular flexibility index (Phi) is 3.99. The van der Waals surface area contributed by atoms with E-state index in [1.807, 2.05) is 0 Å². The first-order valence-electron chi connectivity index (χ1n) is 7.74. The van der Waals surface area contributed by atoms with Gasteiger partial charge in [-0.1, -0.05) is 40.3 Å². The molecule has 0 fully saturated rings. The first-order valence-corrected chi connectivity index (χ1v) is 9.35. The Bertz CT molecular complexity index is 926. The van der Waals surface area contributed by atoms with E-state index in [0.29, 0.717) is 4.77 Å². The van der Waals surface area contributed by atoms with E-state index in [2.05, 4.69) is 55.5 Å². The second-order valence-corrected chi connectivity index (χ2v) is 7.75. The largest absolute Gasteiger partial charge is 0.345 e. The lowest BCUT2D eigenvalue weighted by Gasteiger charge is -2.34. The molecule has 0 spiro atoms. The molecule has 0 radical (unpaired) electrons. The van der Waals surface area contributed by atoms with Crippen molar-refractivity contribution in [1.29, 1.82) is 0 Å². The maximum absolute atomic E-state index is 5.61. The van der Waals surface area contributed by atoms with E-state index >= 15 is 0 Å². The minimum atomic E-state index is 0.189. The van der Waals surface area contributed by atoms with Gasteiger partial charge in [0.1, 0.15) is 10.5 Å². The highest BCUT2D eigenvalue weighted by Crippen LogP contribution is 2.46.